The molecule has 2 aliphatic rings. The van der Waals surface area contributed by atoms with Gasteiger partial charge in [-0.25, -0.2) is 0 Å². The normalized spacial score (nSPS) is 14.6. The van der Waals surface area contributed by atoms with Gasteiger partial charge in [0.25, 0.3) is 0 Å². The molecule has 0 aromatic heterocycles. The average Bonchev–Trinajstić information content (AvgIpc) is 3.58. The van der Waals surface area contributed by atoms with Gasteiger partial charge in [-0.1, -0.05) is 177 Å². The summed E-state index contributed by atoms with van der Waals surface area (Å²) >= 11 is 1.36. The summed E-state index contributed by atoms with van der Waals surface area (Å²) in [5.41, 5.74) is 11.3. The zero-order valence-corrected chi connectivity index (χ0v) is 41.5. The van der Waals surface area contributed by atoms with Crippen LogP contribution in [0.5, 0.6) is 0 Å². The number of rotatable bonds is 8. The molecule has 2 radical (unpaired) electrons. The first-order chi connectivity index (χ1) is 26.4. The van der Waals surface area contributed by atoms with Gasteiger partial charge < -0.3 is 14.9 Å². The van der Waals surface area contributed by atoms with Crippen LogP contribution in [-0.2, 0) is 36.2 Å². The van der Waals surface area contributed by atoms with Crippen molar-refractivity contribution in [1.29, 1.82) is 0 Å². The summed E-state index contributed by atoms with van der Waals surface area (Å²) < 4.78 is 0. The predicted molar refractivity (Wildman–Crippen MR) is 261 cm³/mol. The van der Waals surface area contributed by atoms with Crippen LogP contribution in [0.1, 0.15) is 139 Å². The van der Waals surface area contributed by atoms with E-state index in [1.54, 1.807) is 0 Å². The van der Waals surface area contributed by atoms with Crippen LogP contribution in [0.3, 0.4) is 0 Å². The van der Waals surface area contributed by atoms with Crippen molar-refractivity contribution >= 4 is 53.2 Å². The molecule has 0 atom stereocenters. The second kappa shape index (κ2) is 26.2. The summed E-state index contributed by atoms with van der Waals surface area (Å²) in [5.74, 6) is 2.96. The van der Waals surface area contributed by atoms with Gasteiger partial charge in [0.05, 0.1) is 0 Å². The first-order valence-corrected chi connectivity index (χ1v) is 25.4. The molecule has 0 spiro atoms. The molecular formula is C54H70Cl2SiZr-4. The van der Waals surface area contributed by atoms with Crippen LogP contribution >= 0.6 is 24.8 Å². The fourth-order valence-electron chi connectivity index (χ4n) is 9.23. The van der Waals surface area contributed by atoms with E-state index in [-0.39, 0.29) is 39.7 Å². The molecule has 2 fully saturated rings. The topological polar surface area (TPSA) is 0 Å². The number of hydrogen-bond acceptors (Lipinski definition) is 0. The molecule has 312 valence electrons. The predicted octanol–water partition coefficient (Wildman–Crippen LogP) is 17.1. The SMILES string of the molecule is CC(C)c1ccc(-c2cccc3[cH-]c(CC4CCCCCC4)cc23)cc1.CC(C)c1ccc(-c2cccc3[cH-]c(CC4CCCCCC4)cc23)cc1.Cl.Cl.[CH3-].[CH3-].[Si]=[Zr]. The van der Waals surface area contributed by atoms with Crippen molar-refractivity contribution in [3.8, 4) is 22.3 Å². The molecule has 2 saturated carbocycles. The van der Waals surface area contributed by atoms with E-state index in [2.05, 4.69) is 144 Å². The number of fused-ring (bicyclic) bond motifs is 2. The molecule has 0 aliphatic heterocycles. The Balaban J connectivity index is 0.000000360. The van der Waals surface area contributed by atoms with Gasteiger partial charge in [0.2, 0.25) is 0 Å². The third kappa shape index (κ3) is 13.9. The molecule has 4 heteroatoms. The molecule has 0 bridgehead atoms. The van der Waals surface area contributed by atoms with E-state index in [0.29, 0.717) is 11.8 Å². The quantitative estimate of drug-likeness (QED) is 0.0811. The number of hydrogen-bond donors (Lipinski definition) is 0. The Hall–Kier alpha value is -2.22. The maximum absolute atomic E-state index is 3.06. The van der Waals surface area contributed by atoms with Crippen molar-refractivity contribution in [2.24, 2.45) is 11.8 Å². The fraction of sp³-hybridized carbons (Fsp3) is 0.407. The van der Waals surface area contributed by atoms with Gasteiger partial charge in [0.15, 0.2) is 0 Å². The van der Waals surface area contributed by atoms with Gasteiger partial charge in [-0.15, -0.1) is 93.9 Å². The summed E-state index contributed by atoms with van der Waals surface area (Å²) in [6.45, 7) is 12.1. The van der Waals surface area contributed by atoms with E-state index in [1.165, 1.54) is 179 Å². The zero-order valence-electron chi connectivity index (χ0n) is 36.4. The molecule has 58 heavy (non-hydrogen) atoms. The van der Waals surface area contributed by atoms with E-state index >= 15 is 0 Å². The summed E-state index contributed by atoms with van der Waals surface area (Å²) in [6, 6.07) is 41.7. The molecular weight excluding hydrogens is 839 g/mol. The molecule has 0 nitrogen and oxygen atoms in total. The van der Waals surface area contributed by atoms with Crippen molar-refractivity contribution in [1.82, 2.24) is 0 Å². The minimum absolute atomic E-state index is 0. The number of halogens is 2. The van der Waals surface area contributed by atoms with Crippen molar-refractivity contribution in [3.05, 3.63) is 146 Å². The Labute approximate surface area is 383 Å². The summed E-state index contributed by atoms with van der Waals surface area (Å²) in [7, 11) is 0. The van der Waals surface area contributed by atoms with Crippen LogP contribution in [0.2, 0.25) is 0 Å². The molecule has 0 saturated heterocycles. The second-order valence-electron chi connectivity index (χ2n) is 17.0. The molecule has 8 rings (SSSR count). The minimum atomic E-state index is 0. The second-order valence-corrected chi connectivity index (χ2v) is 17.0. The van der Waals surface area contributed by atoms with E-state index in [1.807, 2.05) is 0 Å². The molecule has 6 aromatic carbocycles. The van der Waals surface area contributed by atoms with Crippen LogP contribution in [0, 0.1) is 26.7 Å². The van der Waals surface area contributed by atoms with Crippen LogP contribution in [0.25, 0.3) is 43.8 Å². The average molecular weight is 909 g/mol. The van der Waals surface area contributed by atoms with Crippen LogP contribution in [0.4, 0.5) is 0 Å². The molecule has 0 unspecified atom stereocenters. The molecule has 0 N–H and O–H groups in total. The van der Waals surface area contributed by atoms with Crippen molar-refractivity contribution in [2.45, 2.75) is 129 Å². The summed E-state index contributed by atoms with van der Waals surface area (Å²) in [6.07, 6.45) is 19.7. The third-order valence-corrected chi connectivity index (χ3v) is 12.4. The van der Waals surface area contributed by atoms with E-state index in [4.69, 9.17) is 0 Å². The monoisotopic (exact) mass is 906 g/mol. The Morgan fingerprint density at radius 3 is 1.14 bits per heavy atom. The van der Waals surface area contributed by atoms with Gasteiger partial charge in [0.1, 0.15) is 0 Å². The Morgan fingerprint density at radius 1 is 0.500 bits per heavy atom. The van der Waals surface area contributed by atoms with Crippen molar-refractivity contribution in [3.63, 3.8) is 0 Å². The standard InChI is InChI=1S/2C26H31.2CH3.2ClH.Si.Zr/c2*1-19(2)22-12-14-23(15-13-22)25-11-7-10-24-17-21(18-26(24)25)16-20-8-5-3-4-6-9-20;;;;;;/h2*7,10-15,17-20H,3-6,8-9,16H2,1-2H3;2*1H3;2*1H;;/q4*-1;;;;. The Morgan fingerprint density at radius 2 is 0.828 bits per heavy atom. The van der Waals surface area contributed by atoms with Gasteiger partial charge in [-0.2, -0.15) is 12.1 Å². The first kappa shape index (κ1) is 51.9. The van der Waals surface area contributed by atoms with Crippen LogP contribution < -0.4 is 0 Å². The summed E-state index contributed by atoms with van der Waals surface area (Å²) in [5, 5.41) is 5.65. The van der Waals surface area contributed by atoms with Crippen molar-refractivity contribution < 1.29 is 23.3 Å². The zero-order chi connectivity index (χ0) is 37.9. The van der Waals surface area contributed by atoms with Gasteiger partial charge >= 0.3 is 30.2 Å². The molecule has 0 amide bonds. The van der Waals surface area contributed by atoms with Gasteiger partial charge in [-0.3, -0.25) is 0 Å². The third-order valence-electron chi connectivity index (χ3n) is 12.4. The number of benzene rings is 4. The molecule has 6 aromatic rings. The van der Waals surface area contributed by atoms with E-state index in [0.717, 1.165) is 11.8 Å². The molecule has 0 heterocycles. The Bertz CT molecular complexity index is 1870. The van der Waals surface area contributed by atoms with Crippen LogP contribution in [-0.4, -0.2) is 6.88 Å². The summed E-state index contributed by atoms with van der Waals surface area (Å²) in [4.78, 5) is 0. The first-order valence-electron chi connectivity index (χ1n) is 21.2. The fourth-order valence-corrected chi connectivity index (χ4v) is 9.23. The van der Waals surface area contributed by atoms with Crippen LogP contribution in [0.15, 0.2) is 109 Å². The van der Waals surface area contributed by atoms with Gasteiger partial charge in [-0.05, 0) is 58.8 Å². The van der Waals surface area contributed by atoms with E-state index in [9.17, 15) is 0 Å². The van der Waals surface area contributed by atoms with Crippen molar-refractivity contribution in [2.75, 3.05) is 0 Å². The van der Waals surface area contributed by atoms with E-state index < -0.39 is 0 Å². The molecule has 2 aliphatic carbocycles. The van der Waals surface area contributed by atoms with Gasteiger partial charge in [0, 0.05) is 0 Å². The Kier molecular flexibility index (Phi) is 23.4. The maximum atomic E-state index is 3.06.